The monoisotopic (exact) mass is 190 g/mol. The van der Waals surface area contributed by atoms with Crippen molar-refractivity contribution >= 4 is 16.9 Å². The van der Waals surface area contributed by atoms with E-state index in [1.807, 2.05) is 12.3 Å². The summed E-state index contributed by atoms with van der Waals surface area (Å²) in [5.41, 5.74) is 0.880. The van der Waals surface area contributed by atoms with Crippen molar-refractivity contribution in [2.45, 2.75) is 26.3 Å². The number of anilines is 1. The Bertz CT molecular complexity index is 421. The molecule has 0 amide bonds. The second-order valence-corrected chi connectivity index (χ2v) is 3.42. The molecule has 2 aromatic rings. The van der Waals surface area contributed by atoms with E-state index < -0.39 is 0 Å². The maximum absolute atomic E-state index is 4.22. The van der Waals surface area contributed by atoms with Crippen LogP contribution in [-0.2, 0) is 0 Å². The quantitative estimate of drug-likeness (QED) is 0.779. The summed E-state index contributed by atoms with van der Waals surface area (Å²) in [6.07, 6.45) is 4.53. The molecule has 2 heterocycles. The van der Waals surface area contributed by atoms with Crippen molar-refractivity contribution in [1.29, 1.82) is 0 Å². The Morgan fingerprint density at radius 1 is 1.50 bits per heavy atom. The highest BCUT2D eigenvalue weighted by Gasteiger charge is 2.05. The Labute approximate surface area is 82.8 Å². The molecule has 14 heavy (non-hydrogen) atoms. The van der Waals surface area contributed by atoms with Gasteiger partial charge in [-0.25, -0.2) is 9.97 Å². The second-order valence-electron chi connectivity index (χ2n) is 3.42. The molecule has 74 valence electrons. The zero-order valence-corrected chi connectivity index (χ0v) is 8.41. The van der Waals surface area contributed by atoms with Gasteiger partial charge in [-0.05, 0) is 19.4 Å². The molecule has 2 N–H and O–H groups in total. The van der Waals surface area contributed by atoms with Gasteiger partial charge in [0.25, 0.3) is 0 Å². The van der Waals surface area contributed by atoms with Crippen LogP contribution in [-0.4, -0.2) is 21.0 Å². The summed E-state index contributed by atoms with van der Waals surface area (Å²) >= 11 is 0. The molecule has 0 aromatic carbocycles. The Morgan fingerprint density at radius 2 is 2.36 bits per heavy atom. The lowest BCUT2D eigenvalue weighted by Crippen LogP contribution is -2.14. The van der Waals surface area contributed by atoms with Gasteiger partial charge in [0.1, 0.15) is 17.8 Å². The van der Waals surface area contributed by atoms with Crippen LogP contribution in [0.15, 0.2) is 18.6 Å². The molecule has 0 saturated heterocycles. The number of hydrogen-bond acceptors (Lipinski definition) is 3. The van der Waals surface area contributed by atoms with Gasteiger partial charge in [-0.1, -0.05) is 6.92 Å². The van der Waals surface area contributed by atoms with Crippen LogP contribution in [0.25, 0.3) is 11.0 Å². The minimum absolute atomic E-state index is 0.433. The van der Waals surface area contributed by atoms with Gasteiger partial charge in [0.05, 0.1) is 5.39 Å². The lowest BCUT2D eigenvalue weighted by molar-refractivity contribution is 0.760. The molecule has 0 saturated carbocycles. The lowest BCUT2D eigenvalue weighted by Gasteiger charge is -2.11. The number of hydrogen-bond donors (Lipinski definition) is 2. The van der Waals surface area contributed by atoms with Crippen LogP contribution < -0.4 is 5.32 Å². The Kier molecular flexibility index (Phi) is 2.35. The van der Waals surface area contributed by atoms with Gasteiger partial charge in [0.2, 0.25) is 0 Å². The fourth-order valence-electron chi connectivity index (χ4n) is 1.32. The Morgan fingerprint density at radius 3 is 3.14 bits per heavy atom. The van der Waals surface area contributed by atoms with Crippen molar-refractivity contribution in [3.63, 3.8) is 0 Å². The molecule has 4 nitrogen and oxygen atoms in total. The highest BCUT2D eigenvalue weighted by atomic mass is 15.0. The van der Waals surface area contributed by atoms with E-state index in [2.05, 4.69) is 34.1 Å². The SMILES string of the molecule is CCC(C)Nc1ncnc2[nH]ccc12. The smallest absolute Gasteiger partial charge is 0.142 e. The largest absolute Gasteiger partial charge is 0.367 e. The van der Waals surface area contributed by atoms with Crippen molar-refractivity contribution in [3.8, 4) is 0 Å². The molecule has 0 spiro atoms. The summed E-state index contributed by atoms with van der Waals surface area (Å²) < 4.78 is 0. The van der Waals surface area contributed by atoms with E-state index in [9.17, 15) is 0 Å². The number of nitrogens with one attached hydrogen (secondary N) is 2. The van der Waals surface area contributed by atoms with Crippen molar-refractivity contribution < 1.29 is 0 Å². The first-order valence-electron chi connectivity index (χ1n) is 4.86. The van der Waals surface area contributed by atoms with Crippen molar-refractivity contribution in [2.24, 2.45) is 0 Å². The summed E-state index contributed by atoms with van der Waals surface area (Å²) in [6, 6.07) is 2.42. The zero-order chi connectivity index (χ0) is 9.97. The first kappa shape index (κ1) is 8.99. The maximum Gasteiger partial charge on any atom is 0.142 e. The van der Waals surface area contributed by atoms with E-state index in [-0.39, 0.29) is 0 Å². The Balaban J connectivity index is 2.36. The highest BCUT2D eigenvalue weighted by Crippen LogP contribution is 2.18. The van der Waals surface area contributed by atoms with Crippen LogP contribution in [0.5, 0.6) is 0 Å². The zero-order valence-electron chi connectivity index (χ0n) is 8.41. The first-order chi connectivity index (χ1) is 6.81. The number of fused-ring (bicyclic) bond motifs is 1. The number of aromatic amines is 1. The molecule has 0 fully saturated rings. The van der Waals surface area contributed by atoms with Gasteiger partial charge in [-0.2, -0.15) is 0 Å². The van der Waals surface area contributed by atoms with Crippen LogP contribution in [0.4, 0.5) is 5.82 Å². The van der Waals surface area contributed by atoms with Crippen LogP contribution in [0.3, 0.4) is 0 Å². The molecule has 0 bridgehead atoms. The van der Waals surface area contributed by atoms with Gasteiger partial charge in [-0.3, -0.25) is 0 Å². The van der Waals surface area contributed by atoms with Gasteiger partial charge < -0.3 is 10.3 Å². The highest BCUT2D eigenvalue weighted by molar-refractivity contribution is 5.86. The normalized spacial score (nSPS) is 13.0. The second kappa shape index (κ2) is 3.65. The average molecular weight is 190 g/mol. The lowest BCUT2D eigenvalue weighted by atomic mass is 10.2. The van der Waals surface area contributed by atoms with Gasteiger partial charge in [0, 0.05) is 12.2 Å². The van der Waals surface area contributed by atoms with Gasteiger partial charge in [-0.15, -0.1) is 0 Å². The van der Waals surface area contributed by atoms with E-state index in [0.29, 0.717) is 6.04 Å². The van der Waals surface area contributed by atoms with Crippen LogP contribution in [0, 0.1) is 0 Å². The molecule has 2 rings (SSSR count). The van der Waals surface area contributed by atoms with Gasteiger partial charge >= 0.3 is 0 Å². The van der Waals surface area contributed by atoms with Crippen LogP contribution >= 0.6 is 0 Å². The summed E-state index contributed by atoms with van der Waals surface area (Å²) in [5, 5.41) is 4.40. The molecule has 4 heteroatoms. The van der Waals surface area contributed by atoms with Crippen molar-refractivity contribution in [2.75, 3.05) is 5.32 Å². The molecular formula is C10H14N4. The summed E-state index contributed by atoms with van der Waals surface area (Å²) in [7, 11) is 0. The minimum Gasteiger partial charge on any atom is -0.367 e. The summed E-state index contributed by atoms with van der Waals surface area (Å²) in [5.74, 6) is 0.908. The fraction of sp³-hybridized carbons (Fsp3) is 0.400. The number of nitrogens with zero attached hydrogens (tertiary/aromatic N) is 2. The van der Waals surface area contributed by atoms with E-state index in [0.717, 1.165) is 23.3 Å². The third-order valence-corrected chi connectivity index (χ3v) is 2.35. The molecule has 0 aliphatic rings. The summed E-state index contributed by atoms with van der Waals surface area (Å²) in [4.78, 5) is 11.4. The standard InChI is InChI=1S/C10H14N4/c1-3-7(2)14-10-8-4-5-11-9(8)12-6-13-10/h4-7H,3H2,1-2H3,(H2,11,12,13,14). The van der Waals surface area contributed by atoms with Crippen molar-refractivity contribution in [3.05, 3.63) is 18.6 Å². The van der Waals surface area contributed by atoms with E-state index >= 15 is 0 Å². The first-order valence-corrected chi connectivity index (χ1v) is 4.86. The predicted molar refractivity (Wildman–Crippen MR) is 57.3 cm³/mol. The van der Waals surface area contributed by atoms with Gasteiger partial charge in [0.15, 0.2) is 0 Å². The molecule has 2 aromatic heterocycles. The maximum atomic E-state index is 4.22. The third-order valence-electron chi connectivity index (χ3n) is 2.35. The molecule has 0 aliphatic heterocycles. The van der Waals surface area contributed by atoms with Crippen molar-refractivity contribution in [1.82, 2.24) is 15.0 Å². The molecule has 1 unspecified atom stereocenters. The van der Waals surface area contributed by atoms with Crippen LogP contribution in [0.1, 0.15) is 20.3 Å². The number of rotatable bonds is 3. The van der Waals surface area contributed by atoms with E-state index in [1.54, 1.807) is 6.33 Å². The molecule has 0 aliphatic carbocycles. The third kappa shape index (κ3) is 1.55. The number of aromatic nitrogens is 3. The fourth-order valence-corrected chi connectivity index (χ4v) is 1.32. The van der Waals surface area contributed by atoms with Crippen LogP contribution in [0.2, 0.25) is 0 Å². The van der Waals surface area contributed by atoms with E-state index in [1.165, 1.54) is 0 Å². The summed E-state index contributed by atoms with van der Waals surface area (Å²) in [6.45, 7) is 4.29. The predicted octanol–water partition coefficient (Wildman–Crippen LogP) is 2.17. The molecule has 1 atom stereocenters. The molecular weight excluding hydrogens is 176 g/mol. The molecule has 0 radical (unpaired) electrons. The number of H-pyrrole nitrogens is 1. The van der Waals surface area contributed by atoms with E-state index in [4.69, 9.17) is 0 Å². The topological polar surface area (TPSA) is 53.6 Å². The Hall–Kier alpha value is -1.58. The minimum atomic E-state index is 0.433. The average Bonchev–Trinajstić information content (AvgIpc) is 2.66.